The number of halogens is 4. The van der Waals surface area contributed by atoms with Gasteiger partial charge in [-0.25, -0.2) is 18.7 Å². The molecule has 0 saturated heterocycles. The average molecular weight is 258 g/mol. The van der Waals surface area contributed by atoms with Crippen LogP contribution in [0, 0.1) is 11.6 Å². The summed E-state index contributed by atoms with van der Waals surface area (Å²) in [6.07, 6.45) is 2.14. The molecule has 2 aromatic rings. The second kappa shape index (κ2) is 4.99. The van der Waals surface area contributed by atoms with Crippen LogP contribution in [-0.2, 0) is 0 Å². The number of alkyl halides is 2. The van der Waals surface area contributed by atoms with E-state index in [9.17, 15) is 17.6 Å². The molecule has 0 amide bonds. The zero-order chi connectivity index (χ0) is 13.1. The van der Waals surface area contributed by atoms with Crippen molar-refractivity contribution < 1.29 is 22.3 Å². The summed E-state index contributed by atoms with van der Waals surface area (Å²) in [6.45, 7) is -3.04. The summed E-state index contributed by atoms with van der Waals surface area (Å²) in [5.41, 5.74) is 0.104. The summed E-state index contributed by atoms with van der Waals surface area (Å²) in [7, 11) is 0. The Morgan fingerprint density at radius 3 is 2.33 bits per heavy atom. The van der Waals surface area contributed by atoms with Gasteiger partial charge in [0.25, 0.3) is 0 Å². The Hall–Kier alpha value is -2.18. The highest BCUT2D eigenvalue weighted by atomic mass is 19.3. The number of hydrogen-bond acceptors (Lipinski definition) is 3. The molecule has 0 aliphatic rings. The van der Waals surface area contributed by atoms with E-state index in [1.807, 2.05) is 0 Å². The van der Waals surface area contributed by atoms with Gasteiger partial charge in [0.2, 0.25) is 0 Å². The van der Waals surface area contributed by atoms with Crippen molar-refractivity contribution in [1.29, 1.82) is 0 Å². The molecule has 0 aliphatic carbocycles. The Labute approximate surface area is 99.1 Å². The van der Waals surface area contributed by atoms with Gasteiger partial charge < -0.3 is 4.74 Å². The van der Waals surface area contributed by atoms with Gasteiger partial charge in [-0.15, -0.1) is 0 Å². The standard InChI is InChI=1S/C11H6F4N2O/c12-8-3-1-2-7(9(8)13)6-4-16-11(17-5-6)18-10(14)15/h1-5,10H. The first-order valence-electron chi connectivity index (χ1n) is 4.79. The maximum absolute atomic E-state index is 13.4. The van der Waals surface area contributed by atoms with Gasteiger partial charge in [-0.1, -0.05) is 12.1 Å². The highest BCUT2D eigenvalue weighted by Crippen LogP contribution is 2.23. The Kier molecular flexibility index (Phi) is 3.40. The van der Waals surface area contributed by atoms with Crippen LogP contribution in [0.3, 0.4) is 0 Å². The lowest BCUT2D eigenvalue weighted by Crippen LogP contribution is -2.05. The third-order valence-electron chi connectivity index (χ3n) is 2.09. The summed E-state index contributed by atoms with van der Waals surface area (Å²) in [5, 5.41) is 0. The van der Waals surface area contributed by atoms with Gasteiger partial charge in [-0.05, 0) is 6.07 Å². The zero-order valence-corrected chi connectivity index (χ0v) is 8.78. The minimum absolute atomic E-state index is 0.0569. The third kappa shape index (κ3) is 2.55. The van der Waals surface area contributed by atoms with Gasteiger partial charge in [-0.2, -0.15) is 8.78 Å². The van der Waals surface area contributed by atoms with Gasteiger partial charge in [0.1, 0.15) is 0 Å². The molecule has 1 aromatic heterocycles. The van der Waals surface area contributed by atoms with Crippen LogP contribution in [0.4, 0.5) is 17.6 Å². The molecule has 0 N–H and O–H groups in total. The molecule has 7 heteroatoms. The number of ether oxygens (including phenoxy) is 1. The van der Waals surface area contributed by atoms with Gasteiger partial charge in [0, 0.05) is 23.5 Å². The van der Waals surface area contributed by atoms with Crippen molar-refractivity contribution >= 4 is 0 Å². The lowest BCUT2D eigenvalue weighted by molar-refractivity contribution is -0.0560. The molecule has 0 radical (unpaired) electrons. The molecule has 0 atom stereocenters. The number of hydrogen-bond donors (Lipinski definition) is 0. The molecule has 18 heavy (non-hydrogen) atoms. The Balaban J connectivity index is 2.32. The molecule has 3 nitrogen and oxygen atoms in total. The molecule has 0 spiro atoms. The van der Waals surface area contributed by atoms with E-state index in [4.69, 9.17) is 0 Å². The smallest absolute Gasteiger partial charge is 0.389 e. The maximum Gasteiger partial charge on any atom is 0.389 e. The molecule has 0 bridgehead atoms. The second-order valence-electron chi connectivity index (χ2n) is 3.23. The minimum Gasteiger partial charge on any atom is -0.401 e. The number of aromatic nitrogens is 2. The Morgan fingerprint density at radius 1 is 1.06 bits per heavy atom. The van der Waals surface area contributed by atoms with Gasteiger partial charge in [-0.3, -0.25) is 0 Å². The van der Waals surface area contributed by atoms with Crippen molar-refractivity contribution in [3.8, 4) is 17.1 Å². The molecular formula is C11H6F4N2O. The van der Waals surface area contributed by atoms with E-state index < -0.39 is 24.3 Å². The predicted octanol–water partition coefficient (Wildman–Crippen LogP) is 3.02. The number of benzene rings is 1. The SMILES string of the molecule is Fc1cccc(-c2cnc(OC(F)F)nc2)c1F. The highest BCUT2D eigenvalue weighted by Gasteiger charge is 2.12. The van der Waals surface area contributed by atoms with Crippen LogP contribution in [0.25, 0.3) is 11.1 Å². The van der Waals surface area contributed by atoms with Gasteiger partial charge in [0.15, 0.2) is 11.6 Å². The molecule has 1 aromatic carbocycles. The molecule has 0 fully saturated rings. The van der Waals surface area contributed by atoms with Gasteiger partial charge >= 0.3 is 12.6 Å². The lowest BCUT2D eigenvalue weighted by atomic mass is 10.1. The molecule has 0 aliphatic heterocycles. The van der Waals surface area contributed by atoms with E-state index >= 15 is 0 Å². The van der Waals surface area contributed by atoms with Crippen molar-refractivity contribution in [2.75, 3.05) is 0 Å². The first-order chi connectivity index (χ1) is 8.58. The minimum atomic E-state index is -3.04. The normalized spacial score (nSPS) is 10.7. The fraction of sp³-hybridized carbons (Fsp3) is 0.0909. The number of rotatable bonds is 3. The van der Waals surface area contributed by atoms with E-state index in [1.54, 1.807) is 0 Å². The highest BCUT2D eigenvalue weighted by molar-refractivity contribution is 5.62. The summed E-state index contributed by atoms with van der Waals surface area (Å²) < 4.78 is 54.0. The van der Waals surface area contributed by atoms with Crippen LogP contribution in [0.15, 0.2) is 30.6 Å². The third-order valence-corrected chi connectivity index (χ3v) is 2.09. The molecule has 1 heterocycles. The van der Waals surface area contributed by atoms with Crippen LogP contribution in [0.1, 0.15) is 0 Å². The molecule has 2 rings (SSSR count). The van der Waals surface area contributed by atoms with E-state index in [-0.39, 0.29) is 11.1 Å². The van der Waals surface area contributed by atoms with Crippen LogP contribution in [0.2, 0.25) is 0 Å². The van der Waals surface area contributed by atoms with Crippen molar-refractivity contribution in [3.63, 3.8) is 0 Å². The van der Waals surface area contributed by atoms with Crippen molar-refractivity contribution in [2.45, 2.75) is 6.61 Å². The summed E-state index contributed by atoms with van der Waals surface area (Å²) in [4.78, 5) is 6.93. The molecule has 0 saturated carbocycles. The topological polar surface area (TPSA) is 35.0 Å². The largest absolute Gasteiger partial charge is 0.401 e. The zero-order valence-electron chi connectivity index (χ0n) is 8.78. The second-order valence-corrected chi connectivity index (χ2v) is 3.23. The summed E-state index contributed by atoms with van der Waals surface area (Å²) in [6, 6.07) is 3.07. The van der Waals surface area contributed by atoms with Crippen LogP contribution in [0.5, 0.6) is 6.01 Å². The molecule has 0 unspecified atom stereocenters. The Morgan fingerprint density at radius 2 is 1.72 bits per heavy atom. The fourth-order valence-electron chi connectivity index (χ4n) is 1.32. The Bertz CT molecular complexity index is 545. The average Bonchev–Trinajstić information content (AvgIpc) is 2.33. The predicted molar refractivity (Wildman–Crippen MR) is 54.0 cm³/mol. The van der Waals surface area contributed by atoms with E-state index in [2.05, 4.69) is 14.7 Å². The van der Waals surface area contributed by atoms with Gasteiger partial charge in [0.05, 0.1) is 0 Å². The van der Waals surface area contributed by atoms with Crippen LogP contribution >= 0.6 is 0 Å². The van der Waals surface area contributed by atoms with Crippen molar-refractivity contribution in [3.05, 3.63) is 42.2 Å². The van der Waals surface area contributed by atoms with Crippen molar-refractivity contribution in [2.24, 2.45) is 0 Å². The quantitative estimate of drug-likeness (QED) is 0.794. The monoisotopic (exact) mass is 258 g/mol. The molecular weight excluding hydrogens is 252 g/mol. The van der Waals surface area contributed by atoms with E-state index in [0.717, 1.165) is 18.5 Å². The number of nitrogens with zero attached hydrogens (tertiary/aromatic N) is 2. The van der Waals surface area contributed by atoms with Crippen LogP contribution in [-0.4, -0.2) is 16.6 Å². The van der Waals surface area contributed by atoms with E-state index in [0.29, 0.717) is 0 Å². The first-order valence-corrected chi connectivity index (χ1v) is 4.79. The fourth-order valence-corrected chi connectivity index (χ4v) is 1.32. The van der Waals surface area contributed by atoms with Crippen molar-refractivity contribution in [1.82, 2.24) is 9.97 Å². The summed E-state index contributed by atoms with van der Waals surface area (Å²) in [5.74, 6) is -2.07. The maximum atomic E-state index is 13.4. The van der Waals surface area contributed by atoms with E-state index in [1.165, 1.54) is 12.1 Å². The summed E-state index contributed by atoms with van der Waals surface area (Å²) >= 11 is 0. The lowest BCUT2D eigenvalue weighted by Gasteiger charge is -2.05. The molecule has 94 valence electrons. The van der Waals surface area contributed by atoms with Crippen LogP contribution < -0.4 is 4.74 Å². The first kappa shape index (κ1) is 12.3.